The van der Waals surface area contributed by atoms with Crippen molar-refractivity contribution >= 4 is 44.3 Å². The van der Waals surface area contributed by atoms with Crippen LogP contribution in [0.1, 0.15) is 41.6 Å². The molecule has 9 heteroatoms. The molecule has 2 heterocycles. The van der Waals surface area contributed by atoms with Gasteiger partial charge in [0.05, 0.1) is 17.0 Å². The fourth-order valence-corrected chi connectivity index (χ4v) is 5.05. The van der Waals surface area contributed by atoms with Gasteiger partial charge in [0.1, 0.15) is 4.83 Å². The zero-order valence-electron chi connectivity index (χ0n) is 16.1. The molecule has 1 aliphatic carbocycles. The van der Waals surface area contributed by atoms with Crippen LogP contribution >= 0.6 is 22.9 Å². The number of aromatic nitrogens is 2. The van der Waals surface area contributed by atoms with E-state index in [0.717, 1.165) is 31.2 Å². The van der Waals surface area contributed by atoms with Gasteiger partial charge in [0.2, 0.25) is 0 Å². The van der Waals surface area contributed by atoms with Gasteiger partial charge in [0.25, 0.3) is 5.56 Å². The van der Waals surface area contributed by atoms with Crippen molar-refractivity contribution in [2.75, 3.05) is 6.61 Å². The molecule has 0 atom stereocenters. The number of thiophene rings is 1. The fourth-order valence-electron chi connectivity index (χ4n) is 3.57. The van der Waals surface area contributed by atoms with Gasteiger partial charge in [0, 0.05) is 4.88 Å². The smallest absolute Gasteiger partial charge is 0.387 e. The zero-order valence-corrected chi connectivity index (χ0v) is 17.7. The molecule has 158 valence electrons. The molecular weight excluding hydrogens is 434 g/mol. The maximum absolute atomic E-state index is 12.7. The number of nitrogens with zero attached hydrogens (tertiary/aromatic N) is 1. The van der Waals surface area contributed by atoms with Crippen molar-refractivity contribution in [3.63, 3.8) is 0 Å². The van der Waals surface area contributed by atoms with Crippen molar-refractivity contribution in [2.45, 2.75) is 39.2 Å². The van der Waals surface area contributed by atoms with Gasteiger partial charge in [-0.15, -0.1) is 11.3 Å². The van der Waals surface area contributed by atoms with Gasteiger partial charge in [-0.1, -0.05) is 17.7 Å². The topological polar surface area (TPSA) is 64.2 Å². The minimum absolute atomic E-state index is 0.0581. The molecule has 2 aromatic heterocycles. The Morgan fingerprint density at radius 2 is 2.13 bits per heavy atom. The minimum atomic E-state index is -2.95. The van der Waals surface area contributed by atoms with Crippen LogP contribution < -0.4 is 15.0 Å². The van der Waals surface area contributed by atoms with E-state index < -0.39 is 6.61 Å². The van der Waals surface area contributed by atoms with Crippen molar-refractivity contribution in [3.8, 4) is 11.5 Å². The molecular formula is C21H19ClF2N2O3S. The van der Waals surface area contributed by atoms with Crippen molar-refractivity contribution < 1.29 is 18.3 Å². The first-order valence-corrected chi connectivity index (χ1v) is 10.8. The Morgan fingerprint density at radius 1 is 1.33 bits per heavy atom. The van der Waals surface area contributed by atoms with E-state index in [0.29, 0.717) is 15.8 Å². The second-order valence-electron chi connectivity index (χ2n) is 6.82. The van der Waals surface area contributed by atoms with Gasteiger partial charge in [-0.05, 0) is 61.9 Å². The van der Waals surface area contributed by atoms with Crippen LogP contribution in [0.15, 0.2) is 23.0 Å². The second kappa shape index (κ2) is 8.73. The van der Waals surface area contributed by atoms with Gasteiger partial charge in [-0.3, -0.25) is 4.79 Å². The molecule has 0 saturated heterocycles. The molecule has 1 aromatic carbocycles. The first kappa shape index (κ1) is 20.8. The molecule has 5 nitrogen and oxygen atoms in total. The summed E-state index contributed by atoms with van der Waals surface area (Å²) < 4.78 is 35.0. The van der Waals surface area contributed by atoms with Crippen molar-refractivity contribution in [2.24, 2.45) is 0 Å². The third kappa shape index (κ3) is 4.20. The summed E-state index contributed by atoms with van der Waals surface area (Å²) in [5.41, 5.74) is 1.51. The quantitative estimate of drug-likeness (QED) is 0.528. The SMILES string of the molecule is CCOc1cc(/C=C(\Cl)c2nc3sc4c(c3c(=O)[nH]2)CCCC4)ccc1OC(F)F. The number of H-pyrrole nitrogens is 1. The minimum Gasteiger partial charge on any atom is -0.490 e. The number of alkyl halides is 2. The Labute approximate surface area is 180 Å². The van der Waals surface area contributed by atoms with Crippen LogP contribution in [-0.2, 0) is 12.8 Å². The molecule has 0 radical (unpaired) electrons. The number of aromatic amines is 1. The standard InChI is InChI=1S/C21H19ClF2N2O3S/c1-2-28-15-10-11(7-8-14(15)29-21(23)24)9-13(22)18-25-19(27)17-12-5-3-4-6-16(12)30-20(17)26-18/h7-10,21H,2-6H2,1H3,(H,25,26,27)/b13-9-. The van der Waals surface area contributed by atoms with E-state index in [2.05, 4.69) is 14.7 Å². The highest BCUT2D eigenvalue weighted by Gasteiger charge is 2.20. The van der Waals surface area contributed by atoms with E-state index in [1.165, 1.54) is 10.9 Å². The second-order valence-corrected chi connectivity index (χ2v) is 8.31. The molecule has 1 N–H and O–H groups in total. The predicted molar refractivity (Wildman–Crippen MR) is 115 cm³/mol. The maximum atomic E-state index is 12.7. The lowest BCUT2D eigenvalue weighted by atomic mass is 9.97. The van der Waals surface area contributed by atoms with Crippen molar-refractivity contribution in [1.29, 1.82) is 0 Å². The third-order valence-electron chi connectivity index (χ3n) is 4.83. The number of nitrogens with one attached hydrogen (secondary N) is 1. The maximum Gasteiger partial charge on any atom is 0.387 e. The molecule has 30 heavy (non-hydrogen) atoms. The Bertz CT molecular complexity index is 1170. The molecule has 1 aliphatic rings. The molecule has 0 saturated carbocycles. The molecule has 0 aliphatic heterocycles. The lowest BCUT2D eigenvalue weighted by molar-refractivity contribution is -0.0514. The molecule has 0 bridgehead atoms. The highest BCUT2D eigenvalue weighted by atomic mass is 35.5. The average Bonchev–Trinajstić information content (AvgIpc) is 3.08. The molecule has 0 amide bonds. The Kier molecular flexibility index (Phi) is 6.06. The van der Waals surface area contributed by atoms with Crippen LogP contribution in [0.5, 0.6) is 11.5 Å². The summed E-state index contributed by atoms with van der Waals surface area (Å²) in [6.45, 7) is -0.923. The summed E-state index contributed by atoms with van der Waals surface area (Å²) in [6, 6.07) is 4.51. The normalized spacial score (nSPS) is 14.2. The van der Waals surface area contributed by atoms with Crippen molar-refractivity contribution in [3.05, 3.63) is 50.4 Å². The Morgan fingerprint density at radius 3 is 2.90 bits per heavy atom. The van der Waals surface area contributed by atoms with E-state index in [-0.39, 0.29) is 34.5 Å². The number of hydrogen-bond acceptors (Lipinski definition) is 5. The average molecular weight is 453 g/mol. The van der Waals surface area contributed by atoms with Crippen molar-refractivity contribution in [1.82, 2.24) is 9.97 Å². The monoisotopic (exact) mass is 452 g/mol. The summed E-state index contributed by atoms with van der Waals surface area (Å²) in [7, 11) is 0. The fraction of sp³-hybridized carbons (Fsp3) is 0.333. The first-order valence-electron chi connectivity index (χ1n) is 9.60. The molecule has 4 rings (SSSR count). The number of rotatable bonds is 6. The summed E-state index contributed by atoms with van der Waals surface area (Å²) in [4.78, 5) is 21.9. The van der Waals surface area contributed by atoms with E-state index in [4.69, 9.17) is 16.3 Å². The van der Waals surface area contributed by atoms with Crippen LogP contribution in [0.2, 0.25) is 0 Å². The lowest BCUT2D eigenvalue weighted by Gasteiger charge is -2.12. The van der Waals surface area contributed by atoms with Crippen LogP contribution in [0.3, 0.4) is 0 Å². The molecule has 0 spiro atoms. The molecule has 3 aromatic rings. The number of benzene rings is 1. The zero-order chi connectivity index (χ0) is 21.3. The summed E-state index contributed by atoms with van der Waals surface area (Å²) >= 11 is 7.98. The number of aryl methyl sites for hydroxylation is 2. The van der Waals surface area contributed by atoms with Crippen LogP contribution in [-0.4, -0.2) is 23.2 Å². The van der Waals surface area contributed by atoms with Gasteiger partial charge >= 0.3 is 6.61 Å². The van der Waals surface area contributed by atoms with E-state index in [1.807, 2.05) is 0 Å². The summed E-state index contributed by atoms with van der Waals surface area (Å²) in [6.07, 6.45) is 5.67. The Balaban J connectivity index is 1.70. The van der Waals surface area contributed by atoms with Gasteiger partial charge in [-0.25, -0.2) is 4.98 Å². The lowest BCUT2D eigenvalue weighted by Crippen LogP contribution is -2.12. The van der Waals surface area contributed by atoms with Gasteiger partial charge in [-0.2, -0.15) is 8.78 Å². The number of fused-ring (bicyclic) bond motifs is 3. The first-order chi connectivity index (χ1) is 14.5. The van der Waals surface area contributed by atoms with E-state index in [1.54, 1.807) is 36.5 Å². The summed E-state index contributed by atoms with van der Waals surface area (Å²) in [5.74, 6) is 0.384. The number of halogens is 3. The van der Waals surface area contributed by atoms with E-state index in [9.17, 15) is 13.6 Å². The highest BCUT2D eigenvalue weighted by Crippen LogP contribution is 2.35. The van der Waals surface area contributed by atoms with Gasteiger partial charge in [0.15, 0.2) is 17.3 Å². The molecule has 0 unspecified atom stereocenters. The predicted octanol–water partition coefficient (Wildman–Crippen LogP) is 5.60. The molecule has 0 fully saturated rings. The Hall–Kier alpha value is -2.45. The summed E-state index contributed by atoms with van der Waals surface area (Å²) in [5, 5.41) is 0.889. The number of hydrogen-bond donors (Lipinski definition) is 1. The van der Waals surface area contributed by atoms with E-state index >= 15 is 0 Å². The third-order valence-corrected chi connectivity index (χ3v) is 6.30. The van der Waals surface area contributed by atoms with Crippen LogP contribution in [0.4, 0.5) is 8.78 Å². The van der Waals surface area contributed by atoms with Crippen LogP contribution in [0.25, 0.3) is 21.3 Å². The largest absolute Gasteiger partial charge is 0.490 e. The number of ether oxygens (including phenoxy) is 2. The van der Waals surface area contributed by atoms with Gasteiger partial charge < -0.3 is 14.5 Å². The van der Waals surface area contributed by atoms with Crippen LogP contribution in [0, 0.1) is 0 Å². The highest BCUT2D eigenvalue weighted by molar-refractivity contribution is 7.18.